The van der Waals surface area contributed by atoms with Crippen molar-refractivity contribution in [2.45, 2.75) is 63.4 Å². The van der Waals surface area contributed by atoms with Gasteiger partial charge in [-0.3, -0.25) is 9.78 Å². The average Bonchev–Trinajstić information content (AvgIpc) is 3.08. The van der Waals surface area contributed by atoms with E-state index >= 15 is 0 Å². The molecule has 2 aromatic rings. The average molecular weight is 337 g/mol. The minimum atomic E-state index is -3.56. The summed E-state index contributed by atoms with van der Waals surface area (Å²) >= 11 is 0. The molecule has 23 heavy (non-hydrogen) atoms. The van der Waals surface area contributed by atoms with Crippen molar-refractivity contribution >= 4 is 10.0 Å². The maximum absolute atomic E-state index is 12.4. The zero-order valence-electron chi connectivity index (χ0n) is 13.4. The van der Waals surface area contributed by atoms with Gasteiger partial charge in [0.1, 0.15) is 4.90 Å². The quantitative estimate of drug-likeness (QED) is 0.786. The summed E-state index contributed by atoms with van der Waals surface area (Å²) < 4.78 is 29.0. The molecule has 1 aliphatic carbocycles. The van der Waals surface area contributed by atoms with E-state index in [4.69, 9.17) is 0 Å². The Hall–Kier alpha value is -1.67. The summed E-state index contributed by atoms with van der Waals surface area (Å²) in [6, 6.07) is 0. The summed E-state index contributed by atoms with van der Waals surface area (Å²) in [5.74, 6) is 0. The van der Waals surface area contributed by atoms with Gasteiger partial charge in [0.05, 0.1) is 18.4 Å². The van der Waals surface area contributed by atoms with Crippen molar-refractivity contribution in [1.29, 1.82) is 0 Å². The molecule has 126 valence electrons. The van der Waals surface area contributed by atoms with E-state index in [0.717, 1.165) is 43.5 Å². The van der Waals surface area contributed by atoms with Crippen LogP contribution in [-0.2, 0) is 36.0 Å². The van der Waals surface area contributed by atoms with Crippen molar-refractivity contribution < 1.29 is 8.42 Å². The molecular formula is C15H23N5O2S. The topological polar surface area (TPSA) is 92.7 Å². The number of rotatable bonds is 6. The van der Waals surface area contributed by atoms with Gasteiger partial charge in [-0.05, 0) is 37.7 Å². The van der Waals surface area contributed by atoms with Crippen LogP contribution in [-0.4, -0.2) is 28.4 Å². The molecule has 2 N–H and O–H groups in total. The Balaban J connectivity index is 1.70. The highest BCUT2D eigenvalue weighted by Gasteiger charge is 2.20. The number of aryl methyl sites for hydroxylation is 2. The highest BCUT2D eigenvalue weighted by atomic mass is 32.2. The van der Waals surface area contributed by atoms with Crippen LogP contribution < -0.4 is 4.72 Å². The van der Waals surface area contributed by atoms with Crippen molar-refractivity contribution in [1.82, 2.24) is 24.7 Å². The smallest absolute Gasteiger partial charge is 0.244 e. The first-order valence-electron chi connectivity index (χ1n) is 8.17. The van der Waals surface area contributed by atoms with E-state index in [1.165, 1.54) is 18.2 Å². The fourth-order valence-electron chi connectivity index (χ4n) is 2.95. The molecule has 1 aliphatic rings. The summed E-state index contributed by atoms with van der Waals surface area (Å²) in [4.78, 5) is 0.201. The van der Waals surface area contributed by atoms with Crippen molar-refractivity contribution in [3.8, 4) is 0 Å². The molecule has 0 aromatic carbocycles. The molecule has 2 heterocycles. The second kappa shape index (κ2) is 6.84. The lowest BCUT2D eigenvalue weighted by Crippen LogP contribution is -2.23. The van der Waals surface area contributed by atoms with E-state index in [1.54, 1.807) is 10.9 Å². The molecule has 0 amide bonds. The van der Waals surface area contributed by atoms with Gasteiger partial charge in [0.15, 0.2) is 0 Å². The van der Waals surface area contributed by atoms with Crippen molar-refractivity contribution in [3.63, 3.8) is 0 Å². The van der Waals surface area contributed by atoms with E-state index in [9.17, 15) is 8.42 Å². The molecule has 0 aliphatic heterocycles. The number of nitrogens with zero attached hydrogens (tertiary/aromatic N) is 3. The molecule has 3 rings (SSSR count). The fraction of sp³-hybridized carbons (Fsp3) is 0.600. The highest BCUT2D eigenvalue weighted by Crippen LogP contribution is 2.22. The zero-order chi connectivity index (χ0) is 16.3. The van der Waals surface area contributed by atoms with Gasteiger partial charge in [0, 0.05) is 18.4 Å². The lowest BCUT2D eigenvalue weighted by atomic mass is 10.1. The van der Waals surface area contributed by atoms with Crippen LogP contribution in [0.3, 0.4) is 0 Å². The zero-order valence-corrected chi connectivity index (χ0v) is 14.2. The molecule has 0 saturated heterocycles. The SMILES string of the molecule is CCCn1cc(S(=O)(=O)NCc2n[nH]c3c2CCCCC3)cn1. The van der Waals surface area contributed by atoms with Gasteiger partial charge in [-0.1, -0.05) is 13.3 Å². The predicted octanol–water partition coefficient (Wildman–Crippen LogP) is 1.76. The number of fused-ring (bicyclic) bond motifs is 1. The predicted molar refractivity (Wildman–Crippen MR) is 86.4 cm³/mol. The van der Waals surface area contributed by atoms with Crippen LogP contribution in [0.2, 0.25) is 0 Å². The molecule has 0 bridgehead atoms. The first-order valence-corrected chi connectivity index (χ1v) is 9.65. The van der Waals surface area contributed by atoms with E-state index in [1.807, 2.05) is 6.92 Å². The van der Waals surface area contributed by atoms with E-state index in [2.05, 4.69) is 20.0 Å². The van der Waals surface area contributed by atoms with Crippen LogP contribution in [0.25, 0.3) is 0 Å². The summed E-state index contributed by atoms with van der Waals surface area (Å²) in [6.45, 7) is 2.95. The summed E-state index contributed by atoms with van der Waals surface area (Å²) in [6.07, 6.45) is 9.35. The number of hydrogen-bond donors (Lipinski definition) is 2. The lowest BCUT2D eigenvalue weighted by Gasteiger charge is -2.05. The third kappa shape index (κ3) is 3.64. The number of aromatic nitrogens is 4. The minimum absolute atomic E-state index is 0.201. The van der Waals surface area contributed by atoms with Crippen LogP contribution in [0.5, 0.6) is 0 Å². The Labute approximate surface area is 136 Å². The standard InChI is InChI=1S/C15H23N5O2S/c1-2-8-20-11-12(9-16-20)23(21,22)17-10-15-13-6-4-3-5-7-14(13)18-19-15/h9,11,17H,2-8,10H2,1H3,(H,18,19). The van der Waals surface area contributed by atoms with E-state index in [-0.39, 0.29) is 11.4 Å². The molecule has 0 atom stereocenters. The lowest BCUT2D eigenvalue weighted by molar-refractivity contribution is 0.578. The van der Waals surface area contributed by atoms with Gasteiger partial charge in [-0.25, -0.2) is 13.1 Å². The molecule has 0 unspecified atom stereocenters. The van der Waals surface area contributed by atoms with Gasteiger partial charge >= 0.3 is 0 Å². The number of H-pyrrole nitrogens is 1. The van der Waals surface area contributed by atoms with E-state index < -0.39 is 10.0 Å². The molecule has 0 spiro atoms. The van der Waals surface area contributed by atoms with Gasteiger partial charge in [0.25, 0.3) is 0 Å². The third-order valence-corrected chi connectivity index (χ3v) is 5.55. The molecule has 0 fully saturated rings. The Morgan fingerprint density at radius 3 is 2.96 bits per heavy atom. The van der Waals surface area contributed by atoms with E-state index in [0.29, 0.717) is 6.54 Å². The van der Waals surface area contributed by atoms with Crippen molar-refractivity contribution in [2.75, 3.05) is 0 Å². The third-order valence-electron chi connectivity index (χ3n) is 4.19. The molecule has 7 nitrogen and oxygen atoms in total. The van der Waals surface area contributed by atoms with Gasteiger partial charge < -0.3 is 0 Å². The summed E-state index contributed by atoms with van der Waals surface area (Å²) in [5.41, 5.74) is 3.16. The number of hydrogen-bond acceptors (Lipinski definition) is 4. The Bertz CT molecular complexity index is 763. The van der Waals surface area contributed by atoms with Crippen LogP contribution in [0, 0.1) is 0 Å². The van der Waals surface area contributed by atoms with Crippen LogP contribution in [0.4, 0.5) is 0 Å². The number of nitrogens with one attached hydrogen (secondary N) is 2. The van der Waals surface area contributed by atoms with Crippen molar-refractivity contribution in [2.24, 2.45) is 0 Å². The van der Waals surface area contributed by atoms with Crippen LogP contribution >= 0.6 is 0 Å². The largest absolute Gasteiger partial charge is 0.282 e. The first kappa shape index (κ1) is 16.2. The molecular weight excluding hydrogens is 314 g/mol. The second-order valence-corrected chi connectivity index (χ2v) is 7.72. The Kier molecular flexibility index (Phi) is 4.82. The molecule has 8 heteroatoms. The normalized spacial score (nSPS) is 15.3. The van der Waals surface area contributed by atoms with Crippen molar-refractivity contribution in [3.05, 3.63) is 29.3 Å². The Morgan fingerprint density at radius 2 is 2.13 bits per heavy atom. The molecule has 0 radical (unpaired) electrons. The monoisotopic (exact) mass is 337 g/mol. The van der Waals surface area contributed by atoms with Crippen LogP contribution in [0.15, 0.2) is 17.3 Å². The highest BCUT2D eigenvalue weighted by molar-refractivity contribution is 7.89. The van der Waals surface area contributed by atoms with Gasteiger partial charge in [0.2, 0.25) is 10.0 Å². The maximum Gasteiger partial charge on any atom is 0.244 e. The maximum atomic E-state index is 12.4. The minimum Gasteiger partial charge on any atom is -0.282 e. The van der Waals surface area contributed by atoms with Crippen LogP contribution in [0.1, 0.15) is 49.6 Å². The number of sulfonamides is 1. The molecule has 2 aromatic heterocycles. The number of aromatic amines is 1. The first-order chi connectivity index (χ1) is 11.1. The van der Waals surface area contributed by atoms with Gasteiger partial charge in [-0.15, -0.1) is 0 Å². The summed E-state index contributed by atoms with van der Waals surface area (Å²) in [5, 5.41) is 11.4. The van der Waals surface area contributed by atoms with Gasteiger partial charge in [-0.2, -0.15) is 10.2 Å². The summed E-state index contributed by atoms with van der Waals surface area (Å²) in [7, 11) is -3.56. The molecule has 0 saturated carbocycles. The fourth-order valence-corrected chi connectivity index (χ4v) is 3.89. The Morgan fingerprint density at radius 1 is 1.30 bits per heavy atom. The second-order valence-electron chi connectivity index (χ2n) is 5.95.